The third-order valence-corrected chi connectivity index (χ3v) is 6.49. The van der Waals surface area contributed by atoms with Gasteiger partial charge in [0.25, 0.3) is 5.91 Å². The maximum absolute atomic E-state index is 14.0. The molecule has 0 radical (unpaired) electrons. The summed E-state index contributed by atoms with van der Waals surface area (Å²) >= 11 is 0. The van der Waals surface area contributed by atoms with Gasteiger partial charge in [0.15, 0.2) is 0 Å². The predicted molar refractivity (Wildman–Crippen MR) is 141 cm³/mol. The van der Waals surface area contributed by atoms with E-state index in [1.165, 1.54) is 0 Å². The molecule has 0 spiro atoms. The van der Waals surface area contributed by atoms with Gasteiger partial charge in [-0.1, -0.05) is 12.1 Å². The van der Waals surface area contributed by atoms with Gasteiger partial charge in [0.1, 0.15) is 23.2 Å². The van der Waals surface area contributed by atoms with Gasteiger partial charge < -0.3 is 29.0 Å². The Hall–Kier alpha value is -3.78. The number of amides is 2. The number of nitrogens with one attached hydrogen (secondary N) is 1. The lowest BCUT2D eigenvalue weighted by molar-refractivity contribution is -0.120. The highest BCUT2D eigenvalue weighted by Gasteiger charge is 2.36. The lowest BCUT2D eigenvalue weighted by Crippen LogP contribution is -2.46. The van der Waals surface area contributed by atoms with Crippen molar-refractivity contribution in [2.24, 2.45) is 0 Å². The van der Waals surface area contributed by atoms with Crippen LogP contribution in [-0.2, 0) is 22.5 Å². The van der Waals surface area contributed by atoms with E-state index in [1.54, 1.807) is 17.2 Å². The minimum Gasteiger partial charge on any atom is -0.488 e. The fraction of sp³-hybridized carbons (Fsp3) is 0.379. The van der Waals surface area contributed by atoms with Crippen LogP contribution in [0.1, 0.15) is 42.5 Å². The van der Waals surface area contributed by atoms with Gasteiger partial charge >= 0.3 is 0 Å². The quantitative estimate of drug-likeness (QED) is 0.533. The Labute approximate surface area is 217 Å². The zero-order valence-electron chi connectivity index (χ0n) is 21.5. The van der Waals surface area contributed by atoms with Gasteiger partial charge in [-0.15, -0.1) is 0 Å². The Morgan fingerprint density at radius 2 is 1.78 bits per heavy atom. The van der Waals surface area contributed by atoms with E-state index < -0.39 is 6.04 Å². The molecule has 2 amide bonds. The van der Waals surface area contributed by atoms with Crippen molar-refractivity contribution in [3.63, 3.8) is 0 Å². The van der Waals surface area contributed by atoms with Crippen molar-refractivity contribution in [3.8, 4) is 5.75 Å². The summed E-state index contributed by atoms with van der Waals surface area (Å²) in [6.07, 6.45) is 1.93. The molecule has 3 aromatic rings. The first kappa shape index (κ1) is 24.9. The van der Waals surface area contributed by atoms with Crippen molar-refractivity contribution in [1.82, 2.24) is 4.90 Å². The average Bonchev–Trinajstić information content (AvgIpc) is 3.37. The number of fused-ring (bicyclic) bond motifs is 1. The number of carbonyl (C=O) groups is 2. The number of hydrogen-bond donors (Lipinski definition) is 1. The van der Waals surface area contributed by atoms with Crippen molar-refractivity contribution >= 4 is 23.2 Å². The second kappa shape index (κ2) is 10.3. The van der Waals surface area contributed by atoms with E-state index in [0.717, 1.165) is 30.1 Å². The van der Waals surface area contributed by atoms with Crippen molar-refractivity contribution in [2.45, 2.75) is 45.4 Å². The largest absolute Gasteiger partial charge is 0.488 e. The van der Waals surface area contributed by atoms with Crippen LogP contribution in [0.2, 0.25) is 0 Å². The lowest BCUT2D eigenvalue weighted by atomic mass is 10.0. The van der Waals surface area contributed by atoms with E-state index in [0.29, 0.717) is 36.6 Å². The number of carbonyl (C=O) groups excluding carboxylic acids is 2. The van der Waals surface area contributed by atoms with Crippen LogP contribution in [-0.4, -0.2) is 54.7 Å². The minimum absolute atomic E-state index is 0.191. The Morgan fingerprint density at radius 1 is 1.03 bits per heavy atom. The molecular weight excluding hydrogens is 470 g/mol. The van der Waals surface area contributed by atoms with Crippen LogP contribution in [0.15, 0.2) is 65.3 Å². The topological polar surface area (TPSA) is 84.2 Å². The molecule has 3 heterocycles. The molecule has 1 atom stereocenters. The predicted octanol–water partition coefficient (Wildman–Crippen LogP) is 4.50. The summed E-state index contributed by atoms with van der Waals surface area (Å²) in [5.74, 6) is 0.936. The van der Waals surface area contributed by atoms with E-state index in [9.17, 15) is 9.59 Å². The Bertz CT molecular complexity index is 1240. The van der Waals surface area contributed by atoms with Crippen molar-refractivity contribution < 1.29 is 23.5 Å². The summed E-state index contributed by atoms with van der Waals surface area (Å²) in [4.78, 5) is 31.3. The average molecular weight is 504 g/mol. The molecular formula is C29H33N3O5. The molecule has 1 saturated heterocycles. The van der Waals surface area contributed by atoms with Crippen LogP contribution in [0.4, 0.5) is 11.4 Å². The van der Waals surface area contributed by atoms with E-state index in [2.05, 4.69) is 10.2 Å². The van der Waals surface area contributed by atoms with Gasteiger partial charge in [0, 0.05) is 25.2 Å². The Balaban J connectivity index is 1.45. The lowest BCUT2D eigenvalue weighted by Gasteiger charge is -2.30. The molecule has 2 aliphatic rings. The molecule has 1 N–H and O–H groups in total. The standard InChI is InChI=1S/C29H33N3O5/c1-29(2,3)37-22-9-6-20(7-10-22)17-26-27(33)30-25-11-8-21(31-12-15-35-16-13-31)18-24(25)28(34)32(26)19-23-5-4-14-36-23/h4-11,14,18,26H,12-13,15-17,19H2,1-3H3,(H,30,33)/t26-/m0/s1. The smallest absolute Gasteiger partial charge is 0.257 e. The highest BCUT2D eigenvalue weighted by Crippen LogP contribution is 2.31. The first-order valence-electron chi connectivity index (χ1n) is 12.7. The number of benzene rings is 2. The second-order valence-corrected chi connectivity index (χ2v) is 10.4. The number of hydrogen-bond acceptors (Lipinski definition) is 6. The normalized spacial score (nSPS) is 18.3. The molecule has 2 aromatic carbocycles. The molecule has 0 saturated carbocycles. The molecule has 1 aromatic heterocycles. The molecule has 0 bridgehead atoms. The first-order chi connectivity index (χ1) is 17.8. The van der Waals surface area contributed by atoms with Crippen LogP contribution in [0.5, 0.6) is 5.75 Å². The summed E-state index contributed by atoms with van der Waals surface area (Å²) in [5, 5.41) is 3.01. The zero-order chi connectivity index (χ0) is 26.0. The highest BCUT2D eigenvalue weighted by atomic mass is 16.5. The summed E-state index contributed by atoms with van der Waals surface area (Å²) < 4.78 is 17.0. The molecule has 2 aliphatic heterocycles. The summed E-state index contributed by atoms with van der Waals surface area (Å²) in [7, 11) is 0. The van der Waals surface area contributed by atoms with Gasteiger partial charge in [0.2, 0.25) is 5.91 Å². The molecule has 37 heavy (non-hydrogen) atoms. The zero-order valence-corrected chi connectivity index (χ0v) is 21.5. The number of rotatable bonds is 6. The maximum atomic E-state index is 14.0. The van der Waals surface area contributed by atoms with E-state index in [-0.39, 0.29) is 24.0 Å². The number of furan rings is 1. The van der Waals surface area contributed by atoms with Gasteiger partial charge in [-0.05, 0) is 68.8 Å². The molecule has 0 aliphatic carbocycles. The van der Waals surface area contributed by atoms with Crippen LogP contribution < -0.4 is 15.0 Å². The van der Waals surface area contributed by atoms with Crippen LogP contribution in [0.25, 0.3) is 0 Å². The third-order valence-electron chi connectivity index (χ3n) is 6.49. The molecule has 8 nitrogen and oxygen atoms in total. The number of morpholine rings is 1. The van der Waals surface area contributed by atoms with Gasteiger partial charge in [-0.2, -0.15) is 0 Å². The molecule has 5 rings (SSSR count). The highest BCUT2D eigenvalue weighted by molar-refractivity contribution is 6.10. The summed E-state index contributed by atoms with van der Waals surface area (Å²) in [5.41, 5.74) is 2.56. The monoisotopic (exact) mass is 503 g/mol. The van der Waals surface area contributed by atoms with E-state index >= 15 is 0 Å². The maximum Gasteiger partial charge on any atom is 0.257 e. The van der Waals surface area contributed by atoms with Crippen LogP contribution in [0.3, 0.4) is 0 Å². The fourth-order valence-electron chi connectivity index (χ4n) is 4.72. The Kier molecular flexibility index (Phi) is 6.93. The first-order valence-corrected chi connectivity index (χ1v) is 12.7. The SMILES string of the molecule is CC(C)(C)Oc1ccc(C[C@H]2C(=O)Nc3ccc(N4CCOCC4)cc3C(=O)N2Cc2ccco2)cc1. The summed E-state index contributed by atoms with van der Waals surface area (Å²) in [6, 6.07) is 16.2. The molecule has 8 heteroatoms. The number of ether oxygens (including phenoxy) is 2. The molecule has 1 fully saturated rings. The van der Waals surface area contributed by atoms with Crippen LogP contribution in [0, 0.1) is 0 Å². The van der Waals surface area contributed by atoms with Gasteiger partial charge in [-0.3, -0.25) is 9.59 Å². The van der Waals surface area contributed by atoms with E-state index in [1.807, 2.05) is 69.3 Å². The molecule has 194 valence electrons. The second-order valence-electron chi connectivity index (χ2n) is 10.4. The number of nitrogens with zero attached hydrogens (tertiary/aromatic N) is 2. The third kappa shape index (κ3) is 5.80. The van der Waals surface area contributed by atoms with Crippen LogP contribution >= 0.6 is 0 Å². The van der Waals surface area contributed by atoms with Crippen molar-refractivity contribution in [3.05, 3.63) is 77.7 Å². The Morgan fingerprint density at radius 3 is 2.46 bits per heavy atom. The number of anilines is 2. The van der Waals surface area contributed by atoms with Crippen molar-refractivity contribution in [1.29, 1.82) is 0 Å². The van der Waals surface area contributed by atoms with Gasteiger partial charge in [0.05, 0.1) is 37.3 Å². The summed E-state index contributed by atoms with van der Waals surface area (Å²) in [6.45, 7) is 8.99. The van der Waals surface area contributed by atoms with Crippen molar-refractivity contribution in [2.75, 3.05) is 36.5 Å². The minimum atomic E-state index is -0.716. The van der Waals surface area contributed by atoms with Gasteiger partial charge in [-0.25, -0.2) is 0 Å². The van der Waals surface area contributed by atoms with E-state index in [4.69, 9.17) is 13.9 Å². The fourth-order valence-corrected chi connectivity index (χ4v) is 4.72. The molecule has 0 unspecified atom stereocenters.